The summed E-state index contributed by atoms with van der Waals surface area (Å²) in [5, 5.41) is 8.25. The fourth-order valence-electron chi connectivity index (χ4n) is 0.385. The third kappa shape index (κ3) is 6.15. The summed E-state index contributed by atoms with van der Waals surface area (Å²) in [4.78, 5) is 26.5. The zero-order chi connectivity index (χ0) is 8.85. The van der Waals surface area contributed by atoms with E-state index in [1.54, 1.807) is 0 Å². The molecule has 5 N–H and O–H groups in total. The zero-order valence-corrected chi connectivity index (χ0v) is 6.57. The first-order valence-electron chi connectivity index (χ1n) is 2.83. The van der Waals surface area contributed by atoms with Crippen molar-refractivity contribution in [3.05, 3.63) is 0 Å². The lowest BCUT2D eigenvalue weighted by Gasteiger charge is -2.06. The number of carbonyl (C=O) groups is 1. The van der Waals surface area contributed by atoms with Crippen LogP contribution in [0.1, 0.15) is 6.42 Å². The fourth-order valence-corrected chi connectivity index (χ4v) is 0.654. The molecule has 0 heterocycles. The summed E-state index contributed by atoms with van der Waals surface area (Å²) in [6.07, 6.45) is 0.0648. The van der Waals surface area contributed by atoms with Crippen LogP contribution in [0.5, 0.6) is 0 Å². The van der Waals surface area contributed by atoms with Gasteiger partial charge in [-0.2, -0.15) is 0 Å². The molecular formula is C4H10NO5P. The first kappa shape index (κ1) is 10.7. The van der Waals surface area contributed by atoms with E-state index in [0.29, 0.717) is 0 Å². The molecule has 0 rings (SSSR count). The van der Waals surface area contributed by atoms with Crippen molar-refractivity contribution >= 4 is 14.6 Å². The van der Waals surface area contributed by atoms with Gasteiger partial charge in [-0.15, -0.1) is 0 Å². The Morgan fingerprint density at radius 1 is 1.64 bits per heavy atom. The number of hydrogen-bond acceptors (Lipinski definition) is 5. The summed E-state index contributed by atoms with van der Waals surface area (Å²) in [5.41, 5.74) is 5.07. The van der Waals surface area contributed by atoms with Crippen LogP contribution in [-0.4, -0.2) is 33.5 Å². The summed E-state index contributed by atoms with van der Waals surface area (Å²) in [7, 11) is -2.40. The highest BCUT2D eigenvalue weighted by Crippen LogP contribution is 2.24. The molecule has 66 valence electrons. The average Bonchev–Trinajstić information content (AvgIpc) is 1.86. The number of nitrogens with two attached hydrogens (primary N) is 1. The van der Waals surface area contributed by atoms with Crippen molar-refractivity contribution in [1.82, 2.24) is 0 Å². The molecule has 0 bridgehead atoms. The Labute approximate surface area is 64.6 Å². The Balaban J connectivity index is 3.31. The van der Waals surface area contributed by atoms with Crippen molar-refractivity contribution in [2.45, 2.75) is 12.5 Å². The molecule has 6 nitrogen and oxygen atoms in total. The van der Waals surface area contributed by atoms with Crippen LogP contribution in [0.4, 0.5) is 0 Å². The van der Waals surface area contributed by atoms with E-state index in [1.807, 2.05) is 0 Å². The van der Waals surface area contributed by atoms with Gasteiger partial charge in [0.05, 0.1) is 6.61 Å². The first-order valence-corrected chi connectivity index (χ1v) is 3.99. The van der Waals surface area contributed by atoms with E-state index in [4.69, 9.17) is 20.6 Å². The maximum absolute atomic E-state index is 10.1. The van der Waals surface area contributed by atoms with Crippen LogP contribution in [0, 0.1) is 0 Å². The smallest absolute Gasteiger partial charge is 0.327 e. The fraction of sp³-hybridized carbons (Fsp3) is 0.750. The van der Waals surface area contributed by atoms with Crippen LogP contribution in [0.3, 0.4) is 0 Å². The van der Waals surface area contributed by atoms with Crippen molar-refractivity contribution in [1.29, 1.82) is 0 Å². The molecule has 0 aliphatic rings. The molecule has 0 aliphatic carbocycles. The predicted molar refractivity (Wildman–Crippen MR) is 37.5 cm³/mol. The second-order valence-corrected chi connectivity index (χ2v) is 2.58. The van der Waals surface area contributed by atoms with E-state index in [9.17, 15) is 4.79 Å². The van der Waals surface area contributed by atoms with Gasteiger partial charge in [0.15, 0.2) is 0 Å². The second-order valence-electron chi connectivity index (χ2n) is 1.82. The molecule has 0 saturated heterocycles. The van der Waals surface area contributed by atoms with Gasteiger partial charge in [0.1, 0.15) is 6.04 Å². The van der Waals surface area contributed by atoms with E-state index >= 15 is 0 Å². The van der Waals surface area contributed by atoms with E-state index in [0.717, 1.165) is 0 Å². The number of aliphatic carboxylic acids is 1. The van der Waals surface area contributed by atoms with Crippen LogP contribution in [0.15, 0.2) is 0 Å². The Hall–Kier alpha value is -0.260. The van der Waals surface area contributed by atoms with Gasteiger partial charge in [-0.3, -0.25) is 4.79 Å². The molecule has 0 aromatic rings. The number of hydrogen-bond donors (Lipinski definition) is 4. The van der Waals surface area contributed by atoms with Gasteiger partial charge in [-0.25, -0.2) is 0 Å². The van der Waals surface area contributed by atoms with Crippen molar-refractivity contribution in [2.75, 3.05) is 6.61 Å². The molecule has 0 aromatic carbocycles. The lowest BCUT2D eigenvalue weighted by atomic mass is 10.2. The van der Waals surface area contributed by atoms with Gasteiger partial charge in [0.2, 0.25) is 0 Å². The zero-order valence-electron chi connectivity index (χ0n) is 5.67. The monoisotopic (exact) mass is 183 g/mol. The van der Waals surface area contributed by atoms with Crippen LogP contribution in [0.25, 0.3) is 0 Å². The Morgan fingerprint density at radius 2 is 2.18 bits per heavy atom. The molecule has 0 saturated carbocycles. The van der Waals surface area contributed by atoms with Gasteiger partial charge in [-0.1, -0.05) is 0 Å². The summed E-state index contributed by atoms with van der Waals surface area (Å²) in [5.74, 6) is -1.13. The van der Waals surface area contributed by atoms with Crippen LogP contribution >= 0.6 is 8.60 Å². The van der Waals surface area contributed by atoms with E-state index in [1.165, 1.54) is 0 Å². The average molecular weight is 183 g/mol. The summed E-state index contributed by atoms with van der Waals surface area (Å²) in [6.45, 7) is -0.0633. The molecule has 7 heteroatoms. The molecule has 0 amide bonds. The normalized spacial score (nSPS) is 13.5. The minimum atomic E-state index is -2.40. The van der Waals surface area contributed by atoms with Crippen molar-refractivity contribution in [2.24, 2.45) is 5.73 Å². The highest BCUT2D eigenvalue weighted by molar-refractivity contribution is 7.39. The molecule has 0 unspecified atom stereocenters. The molecule has 11 heavy (non-hydrogen) atoms. The van der Waals surface area contributed by atoms with Gasteiger partial charge in [-0.05, 0) is 6.42 Å². The van der Waals surface area contributed by atoms with E-state index in [2.05, 4.69) is 4.52 Å². The van der Waals surface area contributed by atoms with Crippen LogP contribution in [0.2, 0.25) is 0 Å². The lowest BCUT2D eigenvalue weighted by molar-refractivity contribution is -0.138. The molecule has 0 aliphatic heterocycles. The minimum absolute atomic E-state index is 0.0633. The number of carboxylic acids is 1. The van der Waals surface area contributed by atoms with Crippen molar-refractivity contribution in [3.8, 4) is 0 Å². The molecule has 0 radical (unpaired) electrons. The number of rotatable bonds is 5. The standard InChI is InChI=1S/C4H10NO5P/c5-3(4(6)7)1-2-10-11(8)9/h3,8-9H,1-2,5H2,(H,6,7)/t3-/m0/s1. The Bertz CT molecular complexity index is 130. The third-order valence-electron chi connectivity index (χ3n) is 0.953. The topological polar surface area (TPSA) is 113 Å². The van der Waals surface area contributed by atoms with Gasteiger partial charge < -0.3 is 25.2 Å². The highest BCUT2D eigenvalue weighted by atomic mass is 31.2. The van der Waals surface area contributed by atoms with Crippen molar-refractivity contribution < 1.29 is 24.2 Å². The first-order chi connectivity index (χ1) is 5.04. The quantitative estimate of drug-likeness (QED) is 0.407. The Kier molecular flexibility index (Phi) is 5.27. The lowest BCUT2D eigenvalue weighted by Crippen LogP contribution is -2.31. The molecule has 0 spiro atoms. The van der Waals surface area contributed by atoms with E-state index in [-0.39, 0.29) is 13.0 Å². The Morgan fingerprint density at radius 3 is 2.55 bits per heavy atom. The predicted octanol–water partition coefficient (Wildman–Crippen LogP) is -0.984. The maximum Gasteiger partial charge on any atom is 0.327 e. The van der Waals surface area contributed by atoms with Crippen LogP contribution in [-0.2, 0) is 9.32 Å². The van der Waals surface area contributed by atoms with Gasteiger partial charge >= 0.3 is 14.6 Å². The van der Waals surface area contributed by atoms with Gasteiger partial charge in [0.25, 0.3) is 0 Å². The number of carboxylic acid groups (broad SMARTS) is 1. The van der Waals surface area contributed by atoms with Gasteiger partial charge in [0, 0.05) is 0 Å². The summed E-state index contributed by atoms with van der Waals surface area (Å²) >= 11 is 0. The van der Waals surface area contributed by atoms with E-state index < -0.39 is 20.6 Å². The molecular weight excluding hydrogens is 173 g/mol. The molecule has 0 aromatic heterocycles. The van der Waals surface area contributed by atoms with Crippen molar-refractivity contribution in [3.63, 3.8) is 0 Å². The minimum Gasteiger partial charge on any atom is -0.480 e. The SMILES string of the molecule is N[C@@H](CCOP(O)O)C(=O)O. The summed E-state index contributed by atoms with van der Waals surface area (Å²) < 4.78 is 4.30. The third-order valence-corrected chi connectivity index (χ3v) is 1.37. The molecule has 0 fully saturated rings. The largest absolute Gasteiger partial charge is 0.480 e. The second kappa shape index (κ2) is 5.40. The summed E-state index contributed by atoms with van der Waals surface area (Å²) in [6, 6.07) is -1.01. The highest BCUT2D eigenvalue weighted by Gasteiger charge is 2.11. The molecule has 1 atom stereocenters. The maximum atomic E-state index is 10.1. The van der Waals surface area contributed by atoms with Crippen LogP contribution < -0.4 is 5.73 Å².